The number of Topliss-reactive ketones (excluding diaryl/α,β-unsaturated/α-hetero) is 1. The average molecular weight is 394 g/mol. The minimum Gasteiger partial charge on any atom is -0.508 e. The highest BCUT2D eigenvalue weighted by molar-refractivity contribution is 6.06. The average Bonchev–Trinajstić information content (AvgIpc) is 2.69. The van der Waals surface area contributed by atoms with E-state index in [1.165, 1.54) is 36.4 Å². The standard InChI is InChI=1S/C22H18O7/c23-13-5-1-11(2-6-13)9-15-16(25)10-17(26)18-19(27)20(28)21(29-22(15)18)12-3-7-14(24)8-4-12/h1-8,10,20-21,23-26,28H,9H2/t20-,21-/m1/s1. The summed E-state index contributed by atoms with van der Waals surface area (Å²) in [5, 5.41) is 50.0. The van der Waals surface area contributed by atoms with Crippen molar-refractivity contribution in [3.05, 3.63) is 76.9 Å². The minimum absolute atomic E-state index is 0.0102. The molecule has 5 N–H and O–H groups in total. The number of hydrogen-bond donors (Lipinski definition) is 5. The summed E-state index contributed by atoms with van der Waals surface area (Å²) in [4.78, 5) is 12.8. The zero-order chi connectivity index (χ0) is 20.7. The van der Waals surface area contributed by atoms with E-state index in [2.05, 4.69) is 0 Å². The van der Waals surface area contributed by atoms with Gasteiger partial charge in [0.05, 0.1) is 0 Å². The van der Waals surface area contributed by atoms with Crippen LogP contribution in [0.3, 0.4) is 0 Å². The maximum atomic E-state index is 12.8. The second-order valence-electron chi connectivity index (χ2n) is 6.88. The first-order valence-corrected chi connectivity index (χ1v) is 8.88. The molecule has 3 aromatic carbocycles. The Balaban J connectivity index is 1.81. The summed E-state index contributed by atoms with van der Waals surface area (Å²) in [5.41, 5.74) is 1.26. The summed E-state index contributed by atoms with van der Waals surface area (Å²) in [6.45, 7) is 0. The van der Waals surface area contributed by atoms with E-state index in [1.807, 2.05) is 0 Å². The SMILES string of the molecule is O=C1c2c(O)cc(O)c(Cc3ccc(O)cc3)c2O[C@H](c2ccc(O)cc2)[C@@H]1O. The van der Waals surface area contributed by atoms with Crippen molar-refractivity contribution in [1.82, 2.24) is 0 Å². The lowest BCUT2D eigenvalue weighted by atomic mass is 9.89. The van der Waals surface area contributed by atoms with Crippen molar-refractivity contribution in [2.45, 2.75) is 18.6 Å². The predicted octanol–water partition coefficient (Wildman–Crippen LogP) is 2.78. The van der Waals surface area contributed by atoms with E-state index in [9.17, 15) is 30.3 Å². The quantitative estimate of drug-likeness (QED) is 0.462. The number of rotatable bonds is 3. The number of aromatic hydroxyl groups is 4. The molecule has 0 saturated heterocycles. The zero-order valence-electron chi connectivity index (χ0n) is 15.1. The maximum Gasteiger partial charge on any atom is 0.202 e. The number of hydrogen-bond acceptors (Lipinski definition) is 7. The van der Waals surface area contributed by atoms with Gasteiger partial charge in [0.1, 0.15) is 34.3 Å². The molecule has 1 aliphatic rings. The van der Waals surface area contributed by atoms with Crippen molar-refractivity contribution >= 4 is 5.78 Å². The summed E-state index contributed by atoms with van der Waals surface area (Å²) < 4.78 is 5.91. The number of ether oxygens (including phenoxy) is 1. The molecule has 0 unspecified atom stereocenters. The number of fused-ring (bicyclic) bond motifs is 1. The summed E-state index contributed by atoms with van der Waals surface area (Å²) >= 11 is 0. The molecule has 0 bridgehead atoms. The van der Waals surface area contributed by atoms with E-state index >= 15 is 0 Å². The Morgan fingerprint density at radius 3 is 2.03 bits per heavy atom. The lowest BCUT2D eigenvalue weighted by molar-refractivity contribution is 0.0206. The number of carbonyl (C=O) groups excluding carboxylic acids is 1. The van der Waals surface area contributed by atoms with E-state index in [0.29, 0.717) is 5.56 Å². The minimum atomic E-state index is -1.57. The number of carbonyl (C=O) groups is 1. The summed E-state index contributed by atoms with van der Waals surface area (Å²) in [6, 6.07) is 13.2. The smallest absolute Gasteiger partial charge is 0.202 e. The van der Waals surface area contributed by atoms with Crippen molar-refractivity contribution in [3.63, 3.8) is 0 Å². The van der Waals surface area contributed by atoms with Crippen LogP contribution < -0.4 is 4.74 Å². The van der Waals surface area contributed by atoms with Gasteiger partial charge in [-0.1, -0.05) is 24.3 Å². The van der Waals surface area contributed by atoms with Gasteiger partial charge in [-0.15, -0.1) is 0 Å². The van der Waals surface area contributed by atoms with Crippen molar-refractivity contribution in [2.75, 3.05) is 0 Å². The number of aliphatic hydroxyl groups is 1. The lowest BCUT2D eigenvalue weighted by Crippen LogP contribution is -2.36. The van der Waals surface area contributed by atoms with Crippen LogP contribution in [0.15, 0.2) is 54.6 Å². The van der Waals surface area contributed by atoms with E-state index in [0.717, 1.165) is 11.6 Å². The Morgan fingerprint density at radius 2 is 1.41 bits per heavy atom. The number of benzene rings is 3. The number of phenols is 4. The van der Waals surface area contributed by atoms with Crippen LogP contribution in [0.5, 0.6) is 28.7 Å². The van der Waals surface area contributed by atoms with Gasteiger partial charge in [-0.05, 0) is 35.4 Å². The van der Waals surface area contributed by atoms with E-state index in [-0.39, 0.29) is 40.5 Å². The van der Waals surface area contributed by atoms with Gasteiger partial charge >= 0.3 is 0 Å². The molecule has 7 heteroatoms. The van der Waals surface area contributed by atoms with E-state index in [4.69, 9.17) is 4.74 Å². The van der Waals surface area contributed by atoms with Crippen LogP contribution >= 0.6 is 0 Å². The maximum absolute atomic E-state index is 12.8. The molecule has 29 heavy (non-hydrogen) atoms. The van der Waals surface area contributed by atoms with Crippen LogP contribution in [0.1, 0.15) is 33.2 Å². The van der Waals surface area contributed by atoms with Crippen LogP contribution in [0, 0.1) is 0 Å². The van der Waals surface area contributed by atoms with Crippen molar-refractivity contribution < 1.29 is 35.1 Å². The van der Waals surface area contributed by atoms with Gasteiger partial charge in [0.15, 0.2) is 12.2 Å². The molecule has 4 rings (SSSR count). The Kier molecular flexibility index (Phi) is 4.52. The molecule has 0 aromatic heterocycles. The van der Waals surface area contributed by atoms with E-state index < -0.39 is 23.7 Å². The molecule has 7 nitrogen and oxygen atoms in total. The molecule has 0 amide bonds. The number of aliphatic hydroxyl groups excluding tert-OH is 1. The third-order valence-electron chi connectivity index (χ3n) is 4.93. The zero-order valence-corrected chi connectivity index (χ0v) is 15.1. The summed E-state index contributed by atoms with van der Waals surface area (Å²) in [5.74, 6) is -1.37. The fourth-order valence-electron chi connectivity index (χ4n) is 3.42. The highest BCUT2D eigenvalue weighted by Gasteiger charge is 2.40. The number of ketones is 1. The van der Waals surface area contributed by atoms with Crippen LogP contribution in [0.25, 0.3) is 0 Å². The van der Waals surface area contributed by atoms with Crippen molar-refractivity contribution in [1.29, 1.82) is 0 Å². The summed E-state index contributed by atoms with van der Waals surface area (Å²) in [7, 11) is 0. The summed E-state index contributed by atoms with van der Waals surface area (Å²) in [6.07, 6.45) is -2.47. The van der Waals surface area contributed by atoms with Crippen LogP contribution in [0.4, 0.5) is 0 Å². The lowest BCUT2D eigenvalue weighted by Gasteiger charge is -2.32. The van der Waals surface area contributed by atoms with Crippen LogP contribution in [0.2, 0.25) is 0 Å². The first-order valence-electron chi connectivity index (χ1n) is 8.88. The molecule has 0 spiro atoms. The first-order chi connectivity index (χ1) is 13.8. The highest BCUT2D eigenvalue weighted by Crippen LogP contribution is 2.46. The predicted molar refractivity (Wildman–Crippen MR) is 102 cm³/mol. The van der Waals surface area contributed by atoms with Gasteiger partial charge in [0.25, 0.3) is 0 Å². The third kappa shape index (κ3) is 3.32. The first kappa shape index (κ1) is 18.6. The second kappa shape index (κ2) is 7.03. The molecule has 1 aliphatic heterocycles. The van der Waals surface area contributed by atoms with E-state index in [1.54, 1.807) is 12.1 Å². The molecular weight excluding hydrogens is 376 g/mol. The topological polar surface area (TPSA) is 127 Å². The van der Waals surface area contributed by atoms with Gasteiger partial charge < -0.3 is 30.3 Å². The Labute approximate surface area is 165 Å². The molecule has 3 aromatic rings. The van der Waals surface area contributed by atoms with Crippen molar-refractivity contribution in [2.24, 2.45) is 0 Å². The van der Waals surface area contributed by atoms with Gasteiger partial charge in [-0.2, -0.15) is 0 Å². The van der Waals surface area contributed by atoms with Crippen LogP contribution in [-0.2, 0) is 6.42 Å². The van der Waals surface area contributed by atoms with Gasteiger partial charge in [-0.3, -0.25) is 4.79 Å². The molecule has 0 fully saturated rings. The van der Waals surface area contributed by atoms with Crippen molar-refractivity contribution in [3.8, 4) is 28.7 Å². The fourth-order valence-corrected chi connectivity index (χ4v) is 3.42. The number of phenolic OH excluding ortho intramolecular Hbond substituents is 4. The third-order valence-corrected chi connectivity index (χ3v) is 4.93. The second-order valence-corrected chi connectivity index (χ2v) is 6.88. The molecule has 148 valence electrons. The molecule has 1 heterocycles. The molecule has 0 aliphatic carbocycles. The highest BCUT2D eigenvalue weighted by atomic mass is 16.5. The van der Waals surface area contributed by atoms with Crippen LogP contribution in [-0.4, -0.2) is 37.4 Å². The molecule has 2 atom stereocenters. The monoisotopic (exact) mass is 394 g/mol. The molecular formula is C22H18O7. The normalized spacial score (nSPS) is 18.2. The molecule has 0 saturated carbocycles. The fraction of sp³-hybridized carbons (Fsp3) is 0.136. The van der Waals surface area contributed by atoms with Gasteiger partial charge in [0.2, 0.25) is 5.78 Å². The van der Waals surface area contributed by atoms with Gasteiger partial charge in [-0.25, -0.2) is 0 Å². The Morgan fingerprint density at radius 1 is 0.828 bits per heavy atom. The molecule has 0 radical (unpaired) electrons. The van der Waals surface area contributed by atoms with Gasteiger partial charge in [0, 0.05) is 18.1 Å². The Hall–Kier alpha value is -3.71. The largest absolute Gasteiger partial charge is 0.508 e. The Bertz CT molecular complexity index is 1070.